The Hall–Kier alpha value is -0.940. The van der Waals surface area contributed by atoms with E-state index < -0.39 is 5.97 Å². The SMILES string of the molecule is O=C(O)Cc1cnc(CCO)s1. The Balaban J connectivity index is 2.58. The molecule has 0 unspecified atom stereocenters. The van der Waals surface area contributed by atoms with Gasteiger partial charge in [-0.2, -0.15) is 0 Å². The number of hydrogen-bond acceptors (Lipinski definition) is 4. The molecular weight excluding hydrogens is 178 g/mol. The highest BCUT2D eigenvalue weighted by Gasteiger charge is 2.04. The van der Waals surface area contributed by atoms with Gasteiger partial charge in [-0.1, -0.05) is 0 Å². The van der Waals surface area contributed by atoms with E-state index in [1.54, 1.807) is 6.20 Å². The van der Waals surface area contributed by atoms with Crippen LogP contribution in [-0.2, 0) is 17.6 Å². The van der Waals surface area contributed by atoms with Crippen LogP contribution >= 0.6 is 11.3 Å². The van der Waals surface area contributed by atoms with Crippen molar-refractivity contribution >= 4 is 17.3 Å². The summed E-state index contributed by atoms with van der Waals surface area (Å²) in [6.45, 7) is 0.0556. The number of thiazole rings is 1. The van der Waals surface area contributed by atoms with E-state index >= 15 is 0 Å². The Morgan fingerprint density at radius 3 is 3.00 bits per heavy atom. The lowest BCUT2D eigenvalue weighted by Crippen LogP contribution is -1.97. The molecule has 0 saturated heterocycles. The highest BCUT2D eigenvalue weighted by molar-refractivity contribution is 7.11. The van der Waals surface area contributed by atoms with Crippen molar-refractivity contribution in [1.29, 1.82) is 0 Å². The van der Waals surface area contributed by atoms with E-state index in [1.165, 1.54) is 11.3 Å². The molecule has 0 atom stereocenters. The van der Waals surface area contributed by atoms with Gasteiger partial charge in [-0.15, -0.1) is 11.3 Å². The van der Waals surface area contributed by atoms with E-state index in [4.69, 9.17) is 10.2 Å². The molecule has 4 nitrogen and oxygen atoms in total. The van der Waals surface area contributed by atoms with E-state index in [1.807, 2.05) is 0 Å². The van der Waals surface area contributed by atoms with Gasteiger partial charge in [-0.25, -0.2) is 4.98 Å². The average Bonchev–Trinajstić information content (AvgIpc) is 2.36. The number of carboxylic acids is 1. The summed E-state index contributed by atoms with van der Waals surface area (Å²) >= 11 is 1.33. The Labute approximate surface area is 73.5 Å². The number of hydrogen-bond donors (Lipinski definition) is 2. The summed E-state index contributed by atoms with van der Waals surface area (Å²) in [5, 5.41) is 17.8. The highest BCUT2D eigenvalue weighted by atomic mass is 32.1. The molecule has 1 aromatic rings. The predicted octanol–water partition coefficient (Wildman–Crippen LogP) is 0.305. The van der Waals surface area contributed by atoms with E-state index in [-0.39, 0.29) is 13.0 Å². The molecule has 0 aliphatic carbocycles. The molecule has 0 bridgehead atoms. The third kappa shape index (κ3) is 2.60. The lowest BCUT2D eigenvalue weighted by Gasteiger charge is -1.87. The maximum Gasteiger partial charge on any atom is 0.308 e. The molecular formula is C7H9NO3S. The third-order valence-corrected chi connectivity index (χ3v) is 2.31. The normalized spacial score (nSPS) is 10.1. The molecule has 0 amide bonds. The Morgan fingerprint density at radius 2 is 2.42 bits per heavy atom. The van der Waals surface area contributed by atoms with E-state index in [9.17, 15) is 4.79 Å². The molecule has 0 radical (unpaired) electrons. The first-order valence-corrected chi connectivity index (χ1v) is 4.30. The Bertz CT molecular complexity index is 271. The first-order valence-electron chi connectivity index (χ1n) is 3.48. The summed E-state index contributed by atoms with van der Waals surface area (Å²) in [6.07, 6.45) is 2.07. The van der Waals surface area contributed by atoms with Crippen LogP contribution in [0.5, 0.6) is 0 Å². The monoisotopic (exact) mass is 187 g/mol. The second-order valence-electron chi connectivity index (χ2n) is 2.26. The topological polar surface area (TPSA) is 70.4 Å². The smallest absolute Gasteiger partial charge is 0.308 e. The van der Waals surface area contributed by atoms with Crippen LogP contribution in [0, 0.1) is 0 Å². The fourth-order valence-corrected chi connectivity index (χ4v) is 1.69. The average molecular weight is 187 g/mol. The van der Waals surface area contributed by atoms with Gasteiger partial charge in [0.05, 0.1) is 11.4 Å². The highest BCUT2D eigenvalue weighted by Crippen LogP contribution is 2.13. The van der Waals surface area contributed by atoms with Crippen LogP contribution in [0.15, 0.2) is 6.20 Å². The molecule has 0 spiro atoms. The number of carboxylic acid groups (broad SMARTS) is 1. The number of rotatable bonds is 4. The van der Waals surface area contributed by atoms with Crippen LogP contribution < -0.4 is 0 Å². The van der Waals surface area contributed by atoms with Gasteiger partial charge in [0.15, 0.2) is 0 Å². The summed E-state index contributed by atoms with van der Waals surface area (Å²) in [7, 11) is 0. The van der Waals surface area contributed by atoms with Crippen molar-refractivity contribution in [3.63, 3.8) is 0 Å². The molecule has 66 valence electrons. The molecule has 0 aromatic carbocycles. The maximum absolute atomic E-state index is 10.3. The summed E-state index contributed by atoms with van der Waals surface area (Å²) in [4.78, 5) is 14.9. The summed E-state index contributed by atoms with van der Waals surface area (Å²) in [5.41, 5.74) is 0. The first-order chi connectivity index (χ1) is 5.72. The first kappa shape index (κ1) is 9.15. The van der Waals surface area contributed by atoms with Crippen LogP contribution in [0.3, 0.4) is 0 Å². The van der Waals surface area contributed by atoms with Gasteiger partial charge in [0.25, 0.3) is 0 Å². The zero-order chi connectivity index (χ0) is 8.97. The third-order valence-electron chi connectivity index (χ3n) is 1.25. The molecule has 0 saturated carbocycles. The standard InChI is InChI=1S/C7H9NO3S/c9-2-1-6-8-4-5(12-6)3-7(10)11/h4,9H,1-3H2,(H,10,11). The van der Waals surface area contributed by atoms with Crippen molar-refractivity contribution in [2.45, 2.75) is 12.8 Å². The van der Waals surface area contributed by atoms with Gasteiger partial charge in [-0.05, 0) is 0 Å². The van der Waals surface area contributed by atoms with E-state index in [0.717, 1.165) is 9.88 Å². The molecule has 0 fully saturated rings. The number of carbonyl (C=O) groups is 1. The summed E-state index contributed by atoms with van der Waals surface area (Å²) in [6, 6.07) is 0. The number of aliphatic carboxylic acids is 1. The van der Waals surface area contributed by atoms with Gasteiger partial charge in [0, 0.05) is 24.1 Å². The van der Waals surface area contributed by atoms with Crippen molar-refractivity contribution in [1.82, 2.24) is 4.98 Å². The van der Waals surface area contributed by atoms with Crippen LogP contribution in [0.4, 0.5) is 0 Å². The van der Waals surface area contributed by atoms with Gasteiger partial charge >= 0.3 is 5.97 Å². The van der Waals surface area contributed by atoms with Crippen LogP contribution in [0.2, 0.25) is 0 Å². The largest absolute Gasteiger partial charge is 0.481 e. The number of nitrogens with zero attached hydrogens (tertiary/aromatic N) is 1. The van der Waals surface area contributed by atoms with Gasteiger partial charge in [0.2, 0.25) is 0 Å². The van der Waals surface area contributed by atoms with Crippen LogP contribution in [-0.4, -0.2) is 27.8 Å². The minimum atomic E-state index is -0.853. The summed E-state index contributed by atoms with van der Waals surface area (Å²) in [5.74, 6) is -0.853. The molecule has 0 aliphatic heterocycles. The number of aliphatic hydroxyl groups excluding tert-OH is 1. The molecule has 1 heterocycles. The van der Waals surface area contributed by atoms with Crippen LogP contribution in [0.1, 0.15) is 9.88 Å². The van der Waals surface area contributed by atoms with Crippen molar-refractivity contribution in [3.05, 3.63) is 16.1 Å². The Morgan fingerprint density at radius 1 is 1.67 bits per heavy atom. The fraction of sp³-hybridized carbons (Fsp3) is 0.429. The van der Waals surface area contributed by atoms with Gasteiger partial charge in [0.1, 0.15) is 0 Å². The minimum absolute atomic E-state index is 0.0170. The number of aromatic nitrogens is 1. The molecule has 1 aromatic heterocycles. The quantitative estimate of drug-likeness (QED) is 0.711. The lowest BCUT2D eigenvalue weighted by molar-refractivity contribution is -0.136. The lowest BCUT2D eigenvalue weighted by atomic mass is 10.4. The second-order valence-corrected chi connectivity index (χ2v) is 3.46. The minimum Gasteiger partial charge on any atom is -0.481 e. The van der Waals surface area contributed by atoms with Crippen molar-refractivity contribution in [2.75, 3.05) is 6.61 Å². The second kappa shape index (κ2) is 4.18. The number of aliphatic hydroxyl groups is 1. The van der Waals surface area contributed by atoms with Crippen molar-refractivity contribution in [2.24, 2.45) is 0 Å². The maximum atomic E-state index is 10.3. The Kier molecular flexibility index (Phi) is 3.19. The molecule has 2 N–H and O–H groups in total. The molecule has 5 heteroatoms. The molecule has 0 aliphatic rings. The molecule has 1 rings (SSSR count). The zero-order valence-corrected chi connectivity index (χ0v) is 7.17. The summed E-state index contributed by atoms with van der Waals surface area (Å²) < 4.78 is 0. The van der Waals surface area contributed by atoms with Crippen LogP contribution in [0.25, 0.3) is 0 Å². The van der Waals surface area contributed by atoms with E-state index in [0.29, 0.717) is 6.42 Å². The van der Waals surface area contributed by atoms with Crippen molar-refractivity contribution < 1.29 is 15.0 Å². The fourth-order valence-electron chi connectivity index (χ4n) is 0.790. The van der Waals surface area contributed by atoms with Gasteiger partial charge < -0.3 is 10.2 Å². The van der Waals surface area contributed by atoms with Gasteiger partial charge in [-0.3, -0.25) is 4.79 Å². The van der Waals surface area contributed by atoms with Crippen molar-refractivity contribution in [3.8, 4) is 0 Å². The zero-order valence-electron chi connectivity index (χ0n) is 6.36. The molecule has 12 heavy (non-hydrogen) atoms. The predicted molar refractivity (Wildman–Crippen MR) is 44.2 cm³/mol. The van der Waals surface area contributed by atoms with E-state index in [2.05, 4.69) is 4.98 Å².